The lowest BCUT2D eigenvalue weighted by Crippen LogP contribution is -2.30. The molecule has 3 nitrogen and oxygen atoms in total. The van der Waals surface area contributed by atoms with Crippen LogP contribution in [-0.4, -0.2) is 15.8 Å². The van der Waals surface area contributed by atoms with E-state index in [1.165, 1.54) is 11.1 Å². The third-order valence-corrected chi connectivity index (χ3v) is 4.25. The van der Waals surface area contributed by atoms with Crippen molar-refractivity contribution >= 4 is 5.91 Å². The molecule has 3 heteroatoms. The molecule has 0 fully saturated rings. The van der Waals surface area contributed by atoms with Crippen molar-refractivity contribution in [3.05, 3.63) is 65.5 Å². The second kappa shape index (κ2) is 9.86. The molecule has 0 aliphatic heterocycles. The lowest BCUT2D eigenvalue weighted by atomic mass is 10.1. The van der Waals surface area contributed by atoms with E-state index in [-0.39, 0.29) is 5.91 Å². The van der Waals surface area contributed by atoms with Crippen molar-refractivity contribution in [2.45, 2.75) is 59.0 Å². The Kier molecular flexibility index (Phi) is 7.47. The third kappa shape index (κ3) is 5.80. The number of aromatic nitrogens is 1. The topological polar surface area (TPSA) is 33.2 Å². The summed E-state index contributed by atoms with van der Waals surface area (Å²) in [7, 11) is 0. The molecule has 0 aliphatic carbocycles. The van der Waals surface area contributed by atoms with E-state index in [0.29, 0.717) is 19.5 Å². The van der Waals surface area contributed by atoms with Gasteiger partial charge in [-0.25, -0.2) is 0 Å². The van der Waals surface area contributed by atoms with Crippen molar-refractivity contribution in [3.63, 3.8) is 0 Å². The van der Waals surface area contributed by atoms with Crippen molar-refractivity contribution in [1.29, 1.82) is 0 Å². The van der Waals surface area contributed by atoms with Gasteiger partial charge in [-0.1, -0.05) is 57.0 Å². The first-order valence-electron chi connectivity index (χ1n) is 8.97. The zero-order valence-corrected chi connectivity index (χ0v) is 14.9. The normalized spacial score (nSPS) is 10.6. The molecule has 0 spiro atoms. The van der Waals surface area contributed by atoms with Crippen molar-refractivity contribution < 1.29 is 4.79 Å². The highest BCUT2D eigenvalue weighted by Gasteiger charge is 2.14. The van der Waals surface area contributed by atoms with Gasteiger partial charge in [0.2, 0.25) is 5.91 Å². The van der Waals surface area contributed by atoms with Crippen LogP contribution in [0.4, 0.5) is 0 Å². The van der Waals surface area contributed by atoms with Gasteiger partial charge in [-0.15, -0.1) is 0 Å². The lowest BCUT2D eigenvalue weighted by molar-refractivity contribution is -0.132. The van der Waals surface area contributed by atoms with Crippen LogP contribution in [0.1, 0.15) is 56.2 Å². The summed E-state index contributed by atoms with van der Waals surface area (Å²) >= 11 is 0. The molecular formula is C21H28N2O. The number of amides is 1. The summed E-state index contributed by atoms with van der Waals surface area (Å²) in [6.45, 7) is 5.59. The first kappa shape index (κ1) is 18.2. The first-order valence-corrected chi connectivity index (χ1v) is 8.97. The number of aryl methyl sites for hydroxylation is 1. The van der Waals surface area contributed by atoms with E-state index < -0.39 is 0 Å². The minimum atomic E-state index is 0.229. The van der Waals surface area contributed by atoms with Crippen LogP contribution >= 0.6 is 0 Å². The standard InChI is InChI=1S/C21H28N2O/c1-3-5-6-9-21(24)23(17-20-8-7-14-22-15-20)16-19-12-10-18(4-2)11-13-19/h7-8,10-15H,3-6,9,16-17H2,1-2H3. The van der Waals surface area contributed by atoms with E-state index >= 15 is 0 Å². The van der Waals surface area contributed by atoms with Gasteiger partial charge in [-0.05, 0) is 35.6 Å². The van der Waals surface area contributed by atoms with Crippen LogP contribution in [-0.2, 0) is 24.3 Å². The average molecular weight is 324 g/mol. The molecule has 0 N–H and O–H groups in total. The largest absolute Gasteiger partial charge is 0.334 e. The van der Waals surface area contributed by atoms with E-state index in [4.69, 9.17) is 0 Å². The van der Waals surface area contributed by atoms with Crippen LogP contribution in [0.5, 0.6) is 0 Å². The maximum absolute atomic E-state index is 12.7. The molecule has 24 heavy (non-hydrogen) atoms. The summed E-state index contributed by atoms with van der Waals surface area (Å²) in [6.07, 6.45) is 8.48. The van der Waals surface area contributed by atoms with Crippen LogP contribution in [0.15, 0.2) is 48.8 Å². The number of rotatable bonds is 9. The van der Waals surface area contributed by atoms with Gasteiger partial charge in [0.15, 0.2) is 0 Å². The number of unbranched alkanes of at least 4 members (excludes halogenated alkanes) is 2. The van der Waals surface area contributed by atoms with E-state index in [1.807, 2.05) is 23.2 Å². The van der Waals surface area contributed by atoms with Crippen molar-refractivity contribution in [1.82, 2.24) is 9.88 Å². The van der Waals surface area contributed by atoms with Crippen LogP contribution < -0.4 is 0 Å². The summed E-state index contributed by atoms with van der Waals surface area (Å²) in [5.41, 5.74) is 3.58. The summed E-state index contributed by atoms with van der Waals surface area (Å²) in [4.78, 5) is 18.8. The third-order valence-electron chi connectivity index (χ3n) is 4.25. The highest BCUT2D eigenvalue weighted by Crippen LogP contribution is 2.14. The second-order valence-corrected chi connectivity index (χ2v) is 6.24. The molecule has 1 aromatic carbocycles. The fourth-order valence-electron chi connectivity index (χ4n) is 2.73. The van der Waals surface area contributed by atoms with E-state index in [0.717, 1.165) is 31.2 Å². The minimum Gasteiger partial charge on any atom is -0.334 e. The zero-order chi connectivity index (χ0) is 17.2. The van der Waals surface area contributed by atoms with Crippen LogP contribution in [0.25, 0.3) is 0 Å². The SMILES string of the molecule is CCCCCC(=O)N(Cc1ccc(CC)cc1)Cc1cccnc1. The number of benzene rings is 1. The first-order chi connectivity index (χ1) is 11.7. The summed E-state index contributed by atoms with van der Waals surface area (Å²) < 4.78 is 0. The summed E-state index contributed by atoms with van der Waals surface area (Å²) in [6, 6.07) is 12.5. The van der Waals surface area contributed by atoms with Crippen molar-refractivity contribution in [2.75, 3.05) is 0 Å². The monoisotopic (exact) mass is 324 g/mol. The Bertz CT molecular complexity index is 607. The Morgan fingerprint density at radius 2 is 1.67 bits per heavy atom. The van der Waals surface area contributed by atoms with Crippen LogP contribution in [0.2, 0.25) is 0 Å². The minimum absolute atomic E-state index is 0.229. The average Bonchev–Trinajstić information content (AvgIpc) is 2.63. The molecule has 0 atom stereocenters. The van der Waals surface area contributed by atoms with Gasteiger partial charge in [-0.2, -0.15) is 0 Å². The van der Waals surface area contributed by atoms with Gasteiger partial charge in [0, 0.05) is 31.9 Å². The van der Waals surface area contributed by atoms with E-state index in [9.17, 15) is 4.79 Å². The molecule has 2 aromatic rings. The number of nitrogens with zero attached hydrogens (tertiary/aromatic N) is 2. The Labute approximate surface area is 145 Å². The zero-order valence-electron chi connectivity index (χ0n) is 14.9. The fourth-order valence-corrected chi connectivity index (χ4v) is 2.73. The maximum Gasteiger partial charge on any atom is 0.223 e. The van der Waals surface area contributed by atoms with Gasteiger partial charge in [0.1, 0.15) is 0 Å². The predicted octanol–water partition coefficient (Wildman–Crippen LogP) is 4.75. The Balaban J connectivity index is 2.06. The molecule has 2 rings (SSSR count). The van der Waals surface area contributed by atoms with E-state index in [2.05, 4.69) is 43.1 Å². The molecule has 0 bridgehead atoms. The number of pyridine rings is 1. The van der Waals surface area contributed by atoms with Gasteiger partial charge in [0.05, 0.1) is 0 Å². The van der Waals surface area contributed by atoms with Gasteiger partial charge in [0.25, 0.3) is 0 Å². The molecule has 0 unspecified atom stereocenters. The smallest absolute Gasteiger partial charge is 0.223 e. The molecule has 128 valence electrons. The number of carbonyl (C=O) groups excluding carboxylic acids is 1. The Morgan fingerprint density at radius 3 is 2.29 bits per heavy atom. The molecule has 1 heterocycles. The predicted molar refractivity (Wildman–Crippen MR) is 98.5 cm³/mol. The van der Waals surface area contributed by atoms with E-state index in [1.54, 1.807) is 6.20 Å². The number of hydrogen-bond acceptors (Lipinski definition) is 2. The molecule has 0 saturated heterocycles. The van der Waals surface area contributed by atoms with Crippen LogP contribution in [0.3, 0.4) is 0 Å². The maximum atomic E-state index is 12.7. The Hall–Kier alpha value is -2.16. The highest BCUT2D eigenvalue weighted by atomic mass is 16.2. The summed E-state index contributed by atoms with van der Waals surface area (Å²) in [5, 5.41) is 0. The molecule has 1 aromatic heterocycles. The molecule has 1 amide bonds. The molecule has 0 radical (unpaired) electrons. The second-order valence-electron chi connectivity index (χ2n) is 6.24. The van der Waals surface area contributed by atoms with Gasteiger partial charge in [-0.3, -0.25) is 9.78 Å². The highest BCUT2D eigenvalue weighted by molar-refractivity contribution is 5.76. The molecule has 0 aliphatic rings. The molecular weight excluding hydrogens is 296 g/mol. The lowest BCUT2D eigenvalue weighted by Gasteiger charge is -2.23. The fraction of sp³-hybridized carbons (Fsp3) is 0.429. The number of carbonyl (C=O) groups is 1. The van der Waals surface area contributed by atoms with Gasteiger partial charge < -0.3 is 4.90 Å². The van der Waals surface area contributed by atoms with Gasteiger partial charge >= 0.3 is 0 Å². The quantitative estimate of drug-likeness (QED) is 0.623. The van der Waals surface area contributed by atoms with Crippen molar-refractivity contribution in [3.8, 4) is 0 Å². The summed E-state index contributed by atoms with van der Waals surface area (Å²) in [5.74, 6) is 0.229. The van der Waals surface area contributed by atoms with Crippen LogP contribution in [0, 0.1) is 0 Å². The Morgan fingerprint density at radius 1 is 0.958 bits per heavy atom. The number of hydrogen-bond donors (Lipinski definition) is 0. The van der Waals surface area contributed by atoms with Crippen molar-refractivity contribution in [2.24, 2.45) is 0 Å². The molecule has 0 saturated carbocycles.